The predicted molar refractivity (Wildman–Crippen MR) is 42.3 cm³/mol. The Balaban J connectivity index is 2.13. The van der Waals surface area contributed by atoms with Crippen molar-refractivity contribution in [2.24, 2.45) is 5.73 Å². The van der Waals surface area contributed by atoms with Crippen molar-refractivity contribution in [1.29, 1.82) is 0 Å². The maximum absolute atomic E-state index is 11.1. The Labute approximate surface area is 75.3 Å². The molecule has 0 radical (unpaired) electrons. The van der Waals surface area contributed by atoms with E-state index >= 15 is 0 Å². The monoisotopic (exact) mass is 188 g/mol. The Bertz CT molecular complexity index is 201. The van der Waals surface area contributed by atoms with E-state index in [9.17, 15) is 9.59 Å². The van der Waals surface area contributed by atoms with Gasteiger partial charge >= 0.3 is 0 Å². The summed E-state index contributed by atoms with van der Waals surface area (Å²) in [7, 11) is 0. The normalized spacial score (nSPS) is 21.4. The summed E-state index contributed by atoms with van der Waals surface area (Å²) in [4.78, 5) is 25.8. The van der Waals surface area contributed by atoms with Gasteiger partial charge in [-0.1, -0.05) is 0 Å². The lowest BCUT2D eigenvalue weighted by Crippen LogP contribution is -2.36. The van der Waals surface area contributed by atoms with Crippen LogP contribution in [0.3, 0.4) is 0 Å². The average Bonchev–Trinajstić information content (AvgIpc) is 2.55. The molecule has 0 aliphatic carbocycles. The van der Waals surface area contributed by atoms with E-state index in [1.165, 1.54) is 0 Å². The molecule has 0 bridgehead atoms. The topological polar surface area (TPSA) is 90.7 Å². The number of ether oxygens (including phenoxy) is 1. The summed E-state index contributed by atoms with van der Waals surface area (Å²) in [5.41, 5.74) is 6.88. The Hall–Kier alpha value is -1.14. The van der Waals surface area contributed by atoms with Gasteiger partial charge in [-0.3, -0.25) is 14.4 Å². The third-order valence-corrected chi connectivity index (χ3v) is 1.61. The van der Waals surface area contributed by atoms with E-state index in [4.69, 9.17) is 10.5 Å². The lowest BCUT2D eigenvalue weighted by molar-refractivity contribution is -0.145. The summed E-state index contributed by atoms with van der Waals surface area (Å²) in [6, 6.07) is 0. The highest BCUT2D eigenvalue weighted by atomic mass is 16.7. The number of primary amides is 1. The molecular weight excluding hydrogens is 176 g/mol. The molecule has 13 heavy (non-hydrogen) atoms. The van der Waals surface area contributed by atoms with E-state index in [0.29, 0.717) is 13.0 Å². The fourth-order valence-corrected chi connectivity index (χ4v) is 1.03. The number of hydrogen-bond donors (Lipinski definition) is 2. The van der Waals surface area contributed by atoms with Gasteiger partial charge in [0.15, 0.2) is 6.61 Å². The lowest BCUT2D eigenvalue weighted by atomic mass is 10.2. The first-order valence-electron chi connectivity index (χ1n) is 4.01. The molecular formula is C7H12N2O4. The fourth-order valence-electron chi connectivity index (χ4n) is 1.03. The van der Waals surface area contributed by atoms with Gasteiger partial charge < -0.3 is 10.5 Å². The summed E-state index contributed by atoms with van der Waals surface area (Å²) in [6.07, 6.45) is 1.10. The molecule has 0 saturated carbocycles. The molecule has 1 heterocycles. The maximum Gasteiger partial charge on any atom is 0.272 e. The number of hydroxylamine groups is 1. The van der Waals surface area contributed by atoms with Crippen molar-refractivity contribution in [3.63, 3.8) is 0 Å². The molecule has 74 valence electrons. The molecule has 1 fully saturated rings. The molecule has 3 N–H and O–H groups in total. The quantitative estimate of drug-likeness (QED) is 0.536. The second-order valence-electron chi connectivity index (χ2n) is 2.72. The van der Waals surface area contributed by atoms with Gasteiger partial charge in [0.2, 0.25) is 5.91 Å². The largest absolute Gasteiger partial charge is 0.368 e. The highest BCUT2D eigenvalue weighted by Gasteiger charge is 2.23. The standard InChI is InChI=1S/C7H12N2O4/c8-6(10)4-13-9-7(11)5-2-1-3-12-5/h5H,1-4H2,(H2,8,10)(H,9,11). The minimum atomic E-state index is -0.632. The van der Waals surface area contributed by atoms with Crippen molar-refractivity contribution in [2.75, 3.05) is 13.2 Å². The fraction of sp³-hybridized carbons (Fsp3) is 0.714. The van der Waals surface area contributed by atoms with Crippen LogP contribution in [-0.2, 0) is 19.2 Å². The van der Waals surface area contributed by atoms with E-state index < -0.39 is 12.0 Å². The smallest absolute Gasteiger partial charge is 0.272 e. The number of rotatable bonds is 4. The number of carbonyl (C=O) groups is 2. The number of amides is 2. The molecule has 6 heteroatoms. The van der Waals surface area contributed by atoms with Crippen molar-refractivity contribution in [3.8, 4) is 0 Å². The molecule has 1 aliphatic rings. The van der Waals surface area contributed by atoms with Crippen molar-refractivity contribution < 1.29 is 19.2 Å². The zero-order valence-electron chi connectivity index (χ0n) is 7.12. The Morgan fingerprint density at radius 2 is 2.38 bits per heavy atom. The third kappa shape index (κ3) is 3.39. The SMILES string of the molecule is NC(=O)CONC(=O)C1CCCO1. The first kappa shape index (κ1) is 9.94. The third-order valence-electron chi connectivity index (χ3n) is 1.61. The number of hydrogen-bond acceptors (Lipinski definition) is 4. The molecule has 1 saturated heterocycles. The summed E-state index contributed by atoms with van der Waals surface area (Å²) in [5, 5.41) is 0. The highest BCUT2D eigenvalue weighted by molar-refractivity contribution is 5.80. The number of carbonyl (C=O) groups excluding carboxylic acids is 2. The molecule has 1 atom stereocenters. The molecule has 0 aromatic carbocycles. The molecule has 6 nitrogen and oxygen atoms in total. The summed E-state index contributed by atoms with van der Waals surface area (Å²) in [6.45, 7) is 0.270. The first-order chi connectivity index (χ1) is 6.20. The van der Waals surface area contributed by atoms with Crippen LogP contribution in [0.5, 0.6) is 0 Å². The molecule has 2 amide bonds. The van der Waals surface area contributed by atoms with Crippen LogP contribution in [-0.4, -0.2) is 31.1 Å². The van der Waals surface area contributed by atoms with E-state index in [-0.39, 0.29) is 12.5 Å². The Morgan fingerprint density at radius 3 is 2.92 bits per heavy atom. The minimum absolute atomic E-state index is 0.321. The van der Waals surface area contributed by atoms with Crippen LogP contribution in [0.2, 0.25) is 0 Å². The molecule has 0 aromatic rings. The van der Waals surface area contributed by atoms with E-state index in [0.717, 1.165) is 6.42 Å². The van der Waals surface area contributed by atoms with Gasteiger partial charge in [-0.05, 0) is 12.8 Å². The highest BCUT2D eigenvalue weighted by Crippen LogP contribution is 2.11. The van der Waals surface area contributed by atoms with Crippen LogP contribution >= 0.6 is 0 Å². The van der Waals surface area contributed by atoms with Crippen LogP contribution < -0.4 is 11.2 Å². The van der Waals surface area contributed by atoms with Gasteiger partial charge in [-0.15, -0.1) is 0 Å². The van der Waals surface area contributed by atoms with E-state index in [2.05, 4.69) is 10.3 Å². The summed E-state index contributed by atoms with van der Waals surface area (Å²) < 4.78 is 5.06. The summed E-state index contributed by atoms with van der Waals surface area (Å²) >= 11 is 0. The molecule has 1 rings (SSSR count). The van der Waals surface area contributed by atoms with Crippen LogP contribution in [0, 0.1) is 0 Å². The van der Waals surface area contributed by atoms with Gasteiger partial charge in [0.05, 0.1) is 0 Å². The van der Waals surface area contributed by atoms with Crippen molar-refractivity contribution in [1.82, 2.24) is 5.48 Å². The maximum atomic E-state index is 11.1. The molecule has 0 aromatic heterocycles. The first-order valence-corrected chi connectivity index (χ1v) is 4.01. The lowest BCUT2D eigenvalue weighted by Gasteiger charge is -2.08. The number of nitrogens with two attached hydrogens (primary N) is 1. The zero-order chi connectivity index (χ0) is 9.68. The van der Waals surface area contributed by atoms with Gasteiger partial charge in [0.25, 0.3) is 5.91 Å². The van der Waals surface area contributed by atoms with Gasteiger partial charge in [-0.2, -0.15) is 0 Å². The van der Waals surface area contributed by atoms with Crippen LogP contribution in [0.1, 0.15) is 12.8 Å². The minimum Gasteiger partial charge on any atom is -0.368 e. The molecule has 1 aliphatic heterocycles. The Morgan fingerprint density at radius 1 is 1.62 bits per heavy atom. The van der Waals surface area contributed by atoms with E-state index in [1.807, 2.05) is 0 Å². The molecule has 0 spiro atoms. The van der Waals surface area contributed by atoms with Gasteiger partial charge in [0, 0.05) is 6.61 Å². The summed E-state index contributed by atoms with van der Waals surface area (Å²) in [5.74, 6) is -0.994. The van der Waals surface area contributed by atoms with Crippen LogP contribution in [0.15, 0.2) is 0 Å². The van der Waals surface area contributed by atoms with Crippen molar-refractivity contribution >= 4 is 11.8 Å². The van der Waals surface area contributed by atoms with Gasteiger partial charge in [-0.25, -0.2) is 5.48 Å². The van der Waals surface area contributed by atoms with Crippen LogP contribution in [0.4, 0.5) is 0 Å². The zero-order valence-corrected chi connectivity index (χ0v) is 7.12. The van der Waals surface area contributed by atoms with Crippen molar-refractivity contribution in [2.45, 2.75) is 18.9 Å². The Kier molecular flexibility index (Phi) is 3.66. The second-order valence-corrected chi connectivity index (χ2v) is 2.72. The predicted octanol–water partition coefficient (Wildman–Crippen LogP) is -1.30. The van der Waals surface area contributed by atoms with Gasteiger partial charge in [0.1, 0.15) is 6.10 Å². The van der Waals surface area contributed by atoms with Crippen molar-refractivity contribution in [3.05, 3.63) is 0 Å². The molecule has 1 unspecified atom stereocenters. The van der Waals surface area contributed by atoms with E-state index in [1.54, 1.807) is 0 Å². The number of nitrogens with one attached hydrogen (secondary N) is 1. The average molecular weight is 188 g/mol. The second kappa shape index (κ2) is 4.78. The van der Waals surface area contributed by atoms with Crippen LogP contribution in [0.25, 0.3) is 0 Å².